The van der Waals surface area contributed by atoms with Crippen LogP contribution in [0.5, 0.6) is 0 Å². The normalized spacial score (nSPS) is 18.1. The van der Waals surface area contributed by atoms with Gasteiger partial charge in [0.15, 0.2) is 0 Å². The molecule has 0 aliphatic heterocycles. The number of hydrogen-bond donors (Lipinski definition) is 2. The molecule has 0 aromatic heterocycles. The maximum absolute atomic E-state index is 12.1. The Balaban J connectivity index is 1.86. The van der Waals surface area contributed by atoms with Crippen molar-refractivity contribution in [3.05, 3.63) is 35.9 Å². The first kappa shape index (κ1) is 13.1. The van der Waals surface area contributed by atoms with Crippen LogP contribution >= 0.6 is 0 Å². The van der Waals surface area contributed by atoms with Crippen molar-refractivity contribution < 1.29 is 9.90 Å². The highest BCUT2D eigenvalue weighted by Crippen LogP contribution is 2.48. The van der Waals surface area contributed by atoms with Gasteiger partial charge in [-0.3, -0.25) is 4.79 Å². The number of hydrogen-bond acceptors (Lipinski definition) is 2. The van der Waals surface area contributed by atoms with E-state index in [0.29, 0.717) is 13.0 Å². The average Bonchev–Trinajstić information content (AvgIpc) is 3.11. The molecule has 0 spiro atoms. The lowest BCUT2D eigenvalue weighted by molar-refractivity contribution is -0.126. The molecule has 98 valence electrons. The molecule has 0 saturated heterocycles. The predicted molar refractivity (Wildman–Crippen MR) is 71.1 cm³/mol. The van der Waals surface area contributed by atoms with E-state index in [1.165, 1.54) is 5.56 Å². The van der Waals surface area contributed by atoms with Crippen LogP contribution in [0.25, 0.3) is 0 Å². The lowest BCUT2D eigenvalue weighted by Crippen LogP contribution is -2.34. The van der Waals surface area contributed by atoms with Crippen LogP contribution < -0.4 is 5.32 Å². The topological polar surface area (TPSA) is 49.3 Å². The fourth-order valence-electron chi connectivity index (χ4n) is 2.20. The second-order valence-electron chi connectivity index (χ2n) is 5.34. The molecule has 1 aromatic carbocycles. The van der Waals surface area contributed by atoms with Crippen molar-refractivity contribution in [1.82, 2.24) is 5.32 Å². The second-order valence-corrected chi connectivity index (χ2v) is 5.34. The van der Waals surface area contributed by atoms with Crippen LogP contribution in [0.15, 0.2) is 30.3 Å². The first-order valence-corrected chi connectivity index (χ1v) is 6.63. The quantitative estimate of drug-likeness (QED) is 0.806. The minimum Gasteiger partial charge on any atom is -0.393 e. The van der Waals surface area contributed by atoms with Gasteiger partial charge in [-0.05, 0) is 38.2 Å². The summed E-state index contributed by atoms with van der Waals surface area (Å²) in [6, 6.07) is 10.2. The van der Waals surface area contributed by atoms with Crippen LogP contribution in [0.1, 0.15) is 31.7 Å². The molecule has 1 atom stereocenters. The van der Waals surface area contributed by atoms with E-state index in [1.807, 2.05) is 18.2 Å². The van der Waals surface area contributed by atoms with Gasteiger partial charge in [0.1, 0.15) is 0 Å². The fraction of sp³-hybridized carbons (Fsp3) is 0.533. The summed E-state index contributed by atoms with van der Waals surface area (Å²) >= 11 is 0. The van der Waals surface area contributed by atoms with Gasteiger partial charge in [0.2, 0.25) is 5.91 Å². The summed E-state index contributed by atoms with van der Waals surface area (Å²) in [4.78, 5) is 12.1. The van der Waals surface area contributed by atoms with Crippen LogP contribution in [0.3, 0.4) is 0 Å². The first-order valence-electron chi connectivity index (χ1n) is 6.63. The van der Waals surface area contributed by atoms with Gasteiger partial charge in [-0.25, -0.2) is 0 Å². The number of rotatable bonds is 6. The highest BCUT2D eigenvalue weighted by Gasteiger charge is 2.49. The SMILES string of the molecule is CC(O)CCNC(=O)C1(Cc2ccccc2)CC1. The first-order chi connectivity index (χ1) is 8.62. The van der Waals surface area contributed by atoms with E-state index in [-0.39, 0.29) is 17.4 Å². The second kappa shape index (κ2) is 5.53. The zero-order valence-electron chi connectivity index (χ0n) is 10.9. The summed E-state index contributed by atoms with van der Waals surface area (Å²) in [5.41, 5.74) is 1.04. The Morgan fingerprint density at radius 2 is 2.06 bits per heavy atom. The predicted octanol–water partition coefficient (Wildman–Crippen LogP) is 1.90. The summed E-state index contributed by atoms with van der Waals surface area (Å²) in [6.07, 6.45) is 3.04. The van der Waals surface area contributed by atoms with Gasteiger partial charge in [0.05, 0.1) is 11.5 Å². The van der Waals surface area contributed by atoms with Gasteiger partial charge in [0, 0.05) is 6.54 Å². The van der Waals surface area contributed by atoms with Crippen LogP contribution in [0.4, 0.5) is 0 Å². The Morgan fingerprint density at radius 1 is 1.39 bits per heavy atom. The molecule has 1 unspecified atom stereocenters. The van der Waals surface area contributed by atoms with E-state index in [4.69, 9.17) is 5.11 Å². The van der Waals surface area contributed by atoms with Crippen LogP contribution in [-0.2, 0) is 11.2 Å². The summed E-state index contributed by atoms with van der Waals surface area (Å²) in [7, 11) is 0. The molecule has 3 heteroatoms. The van der Waals surface area contributed by atoms with E-state index in [0.717, 1.165) is 19.3 Å². The minimum absolute atomic E-state index is 0.145. The van der Waals surface area contributed by atoms with Crippen LogP contribution in [0, 0.1) is 5.41 Å². The highest BCUT2D eigenvalue weighted by molar-refractivity contribution is 5.85. The Morgan fingerprint density at radius 3 is 2.61 bits per heavy atom. The monoisotopic (exact) mass is 247 g/mol. The van der Waals surface area contributed by atoms with Crippen molar-refractivity contribution in [2.75, 3.05) is 6.54 Å². The van der Waals surface area contributed by atoms with E-state index >= 15 is 0 Å². The van der Waals surface area contributed by atoms with Gasteiger partial charge in [-0.15, -0.1) is 0 Å². The molecule has 1 aliphatic carbocycles. The van der Waals surface area contributed by atoms with Gasteiger partial charge < -0.3 is 10.4 Å². The largest absolute Gasteiger partial charge is 0.393 e. The van der Waals surface area contributed by atoms with Crippen molar-refractivity contribution in [3.63, 3.8) is 0 Å². The molecule has 1 fully saturated rings. The lowest BCUT2D eigenvalue weighted by Gasteiger charge is -2.15. The van der Waals surface area contributed by atoms with Crippen molar-refractivity contribution in [2.45, 2.75) is 38.7 Å². The Kier molecular flexibility index (Phi) is 4.02. The molecular weight excluding hydrogens is 226 g/mol. The van der Waals surface area contributed by atoms with Gasteiger partial charge in [-0.2, -0.15) is 0 Å². The number of carbonyl (C=O) groups is 1. The smallest absolute Gasteiger partial charge is 0.226 e. The maximum Gasteiger partial charge on any atom is 0.226 e. The zero-order chi connectivity index (χ0) is 13.0. The van der Waals surface area contributed by atoms with E-state index in [1.54, 1.807) is 6.92 Å². The highest BCUT2D eigenvalue weighted by atomic mass is 16.3. The fourth-order valence-corrected chi connectivity index (χ4v) is 2.20. The Hall–Kier alpha value is -1.35. The van der Waals surface area contributed by atoms with Gasteiger partial charge in [-0.1, -0.05) is 30.3 Å². The van der Waals surface area contributed by atoms with E-state index < -0.39 is 0 Å². The summed E-state index contributed by atoms with van der Waals surface area (Å²) < 4.78 is 0. The molecule has 0 bridgehead atoms. The van der Waals surface area contributed by atoms with Crippen molar-refractivity contribution in [1.29, 1.82) is 0 Å². The van der Waals surface area contributed by atoms with Crippen molar-refractivity contribution in [3.8, 4) is 0 Å². The van der Waals surface area contributed by atoms with Crippen molar-refractivity contribution >= 4 is 5.91 Å². The number of nitrogens with one attached hydrogen (secondary N) is 1. The molecule has 1 saturated carbocycles. The molecule has 2 rings (SSSR count). The van der Waals surface area contributed by atoms with Crippen LogP contribution in [-0.4, -0.2) is 23.7 Å². The number of benzene rings is 1. The minimum atomic E-state index is -0.352. The third-order valence-electron chi connectivity index (χ3n) is 3.57. The van der Waals surface area contributed by atoms with Crippen LogP contribution in [0.2, 0.25) is 0 Å². The molecule has 18 heavy (non-hydrogen) atoms. The molecular formula is C15H21NO2. The number of aliphatic hydroxyl groups excluding tert-OH is 1. The Labute approximate surface area is 108 Å². The third kappa shape index (κ3) is 3.33. The average molecular weight is 247 g/mol. The van der Waals surface area contributed by atoms with Gasteiger partial charge in [0.25, 0.3) is 0 Å². The zero-order valence-corrected chi connectivity index (χ0v) is 10.9. The molecule has 1 aromatic rings. The van der Waals surface area contributed by atoms with E-state index in [2.05, 4.69) is 17.4 Å². The number of carbonyl (C=O) groups excluding carboxylic acids is 1. The summed E-state index contributed by atoms with van der Waals surface area (Å²) in [5.74, 6) is 0.145. The number of amides is 1. The summed E-state index contributed by atoms with van der Waals surface area (Å²) in [6.45, 7) is 2.30. The summed E-state index contributed by atoms with van der Waals surface area (Å²) in [5, 5.41) is 12.1. The van der Waals surface area contributed by atoms with Crippen molar-refractivity contribution in [2.24, 2.45) is 5.41 Å². The van der Waals surface area contributed by atoms with Gasteiger partial charge >= 0.3 is 0 Å². The molecule has 1 amide bonds. The molecule has 0 radical (unpaired) electrons. The van der Waals surface area contributed by atoms with E-state index in [9.17, 15) is 4.79 Å². The molecule has 2 N–H and O–H groups in total. The number of aliphatic hydroxyl groups is 1. The third-order valence-corrected chi connectivity index (χ3v) is 3.57. The molecule has 3 nitrogen and oxygen atoms in total. The standard InChI is InChI=1S/C15H21NO2/c1-12(17)7-10-16-14(18)15(8-9-15)11-13-5-3-2-4-6-13/h2-6,12,17H,7-11H2,1H3,(H,16,18). The molecule has 1 aliphatic rings. The Bertz CT molecular complexity index is 396. The maximum atomic E-state index is 12.1. The molecule has 0 heterocycles. The lowest BCUT2D eigenvalue weighted by atomic mass is 9.95.